The molecule has 0 aliphatic rings. The molecule has 0 fully saturated rings. The number of aldehydes is 1. The Labute approximate surface area is 85.5 Å². The average Bonchev–Trinajstić information content (AvgIpc) is 2.25. The van der Waals surface area contributed by atoms with E-state index in [1.54, 1.807) is 0 Å². The van der Waals surface area contributed by atoms with E-state index in [2.05, 4.69) is 6.92 Å². The summed E-state index contributed by atoms with van der Waals surface area (Å²) >= 11 is 0. The van der Waals surface area contributed by atoms with Crippen LogP contribution in [-0.2, 0) is 4.79 Å². The van der Waals surface area contributed by atoms with Gasteiger partial charge in [-0.05, 0) is 30.1 Å². The molecule has 0 bridgehead atoms. The van der Waals surface area contributed by atoms with E-state index in [0.717, 1.165) is 36.7 Å². The smallest absolute Gasteiger partial charge is 0.146 e. The van der Waals surface area contributed by atoms with Crippen LogP contribution >= 0.6 is 0 Å². The van der Waals surface area contributed by atoms with Crippen molar-refractivity contribution in [2.45, 2.75) is 26.2 Å². The van der Waals surface area contributed by atoms with E-state index < -0.39 is 0 Å². The van der Waals surface area contributed by atoms with Gasteiger partial charge in [0.25, 0.3) is 0 Å². The second-order valence-electron chi connectivity index (χ2n) is 3.35. The molecule has 0 aliphatic heterocycles. The summed E-state index contributed by atoms with van der Waals surface area (Å²) < 4.78 is 0. The molecule has 0 aliphatic carbocycles. The van der Waals surface area contributed by atoms with Gasteiger partial charge in [0, 0.05) is 0 Å². The summed E-state index contributed by atoms with van der Waals surface area (Å²) in [6.45, 7) is 2.13. The summed E-state index contributed by atoms with van der Waals surface area (Å²) in [5.41, 5.74) is 1.99. The molecule has 0 N–H and O–H groups in total. The van der Waals surface area contributed by atoms with E-state index in [4.69, 9.17) is 0 Å². The van der Waals surface area contributed by atoms with Gasteiger partial charge < -0.3 is 0 Å². The van der Waals surface area contributed by atoms with E-state index in [1.165, 1.54) is 0 Å². The van der Waals surface area contributed by atoms with E-state index in [1.807, 2.05) is 36.4 Å². The molecule has 0 amide bonds. The minimum Gasteiger partial charge on any atom is -0.298 e. The van der Waals surface area contributed by atoms with Crippen LogP contribution in [0.15, 0.2) is 35.9 Å². The topological polar surface area (TPSA) is 17.1 Å². The number of unbranched alkanes of at least 4 members (excludes halogenated alkanes) is 1. The van der Waals surface area contributed by atoms with Gasteiger partial charge in [-0.2, -0.15) is 0 Å². The molecule has 0 spiro atoms. The summed E-state index contributed by atoms with van der Waals surface area (Å²) in [7, 11) is 0. The molecule has 0 radical (unpaired) electrons. The van der Waals surface area contributed by atoms with Crippen LogP contribution in [-0.4, -0.2) is 6.29 Å². The minimum absolute atomic E-state index is 0.884. The van der Waals surface area contributed by atoms with Crippen LogP contribution in [0.2, 0.25) is 0 Å². The number of carbonyl (C=O) groups is 1. The van der Waals surface area contributed by atoms with Crippen molar-refractivity contribution in [1.82, 2.24) is 0 Å². The lowest BCUT2D eigenvalue weighted by molar-refractivity contribution is -0.105. The maximum absolute atomic E-state index is 10.7. The minimum atomic E-state index is 0.884. The second kappa shape index (κ2) is 6.14. The Hall–Kier alpha value is -1.37. The van der Waals surface area contributed by atoms with Crippen molar-refractivity contribution in [3.05, 3.63) is 41.5 Å². The molecule has 1 aromatic carbocycles. The lowest BCUT2D eigenvalue weighted by atomic mass is 10.1. The van der Waals surface area contributed by atoms with Crippen molar-refractivity contribution in [2.24, 2.45) is 0 Å². The Kier molecular flexibility index (Phi) is 4.70. The highest BCUT2D eigenvalue weighted by Gasteiger charge is 1.95. The van der Waals surface area contributed by atoms with Gasteiger partial charge in [0.2, 0.25) is 0 Å². The Bertz CT molecular complexity index is 298. The highest BCUT2D eigenvalue weighted by molar-refractivity contribution is 5.81. The zero-order valence-electron chi connectivity index (χ0n) is 8.57. The Morgan fingerprint density at radius 2 is 2.00 bits per heavy atom. The number of hydrogen-bond donors (Lipinski definition) is 0. The third-order valence-corrected chi connectivity index (χ3v) is 2.12. The summed E-state index contributed by atoms with van der Waals surface area (Å²) in [5, 5.41) is 0. The van der Waals surface area contributed by atoms with Gasteiger partial charge >= 0.3 is 0 Å². The predicted octanol–water partition coefficient (Wildman–Crippen LogP) is 3.46. The van der Waals surface area contributed by atoms with Crippen molar-refractivity contribution < 1.29 is 4.79 Å². The maximum Gasteiger partial charge on any atom is 0.146 e. The molecule has 0 atom stereocenters. The monoisotopic (exact) mass is 188 g/mol. The first-order chi connectivity index (χ1) is 6.86. The van der Waals surface area contributed by atoms with Crippen LogP contribution in [0, 0.1) is 0 Å². The molecule has 0 unspecified atom stereocenters. The Morgan fingerprint density at radius 1 is 1.29 bits per heavy atom. The highest BCUT2D eigenvalue weighted by atomic mass is 16.1. The predicted molar refractivity (Wildman–Crippen MR) is 60.0 cm³/mol. The zero-order valence-corrected chi connectivity index (χ0v) is 8.57. The first-order valence-corrected chi connectivity index (χ1v) is 5.07. The van der Waals surface area contributed by atoms with Crippen molar-refractivity contribution >= 4 is 12.4 Å². The molecule has 0 heterocycles. The average molecular weight is 188 g/mol. The summed E-state index contributed by atoms with van der Waals surface area (Å²) in [4.78, 5) is 10.7. The van der Waals surface area contributed by atoms with E-state index in [0.29, 0.717) is 0 Å². The Morgan fingerprint density at radius 3 is 2.57 bits per heavy atom. The normalized spacial score (nSPS) is 11.4. The fourth-order valence-electron chi connectivity index (χ4n) is 1.31. The molecule has 1 nitrogen and oxygen atoms in total. The Balaban J connectivity index is 2.68. The molecule has 74 valence electrons. The largest absolute Gasteiger partial charge is 0.298 e. The zero-order chi connectivity index (χ0) is 10.2. The van der Waals surface area contributed by atoms with Gasteiger partial charge in [-0.3, -0.25) is 4.79 Å². The van der Waals surface area contributed by atoms with Gasteiger partial charge in [-0.15, -0.1) is 0 Å². The second-order valence-corrected chi connectivity index (χ2v) is 3.35. The third kappa shape index (κ3) is 3.56. The SMILES string of the molecule is CCCC/C(C=O)=C/c1ccccc1. The first kappa shape index (κ1) is 10.7. The number of allylic oxidation sites excluding steroid dienone is 1. The lowest BCUT2D eigenvalue weighted by Gasteiger charge is -1.98. The van der Waals surface area contributed by atoms with Crippen molar-refractivity contribution in [3.63, 3.8) is 0 Å². The standard InChI is InChI=1S/C13H16O/c1-2-3-7-13(11-14)10-12-8-5-4-6-9-12/h4-6,8-11H,2-3,7H2,1H3/b13-10-. The highest BCUT2D eigenvalue weighted by Crippen LogP contribution is 2.10. The molecule has 14 heavy (non-hydrogen) atoms. The van der Waals surface area contributed by atoms with E-state index >= 15 is 0 Å². The van der Waals surface area contributed by atoms with Crippen molar-refractivity contribution in [2.75, 3.05) is 0 Å². The number of carbonyl (C=O) groups excluding carboxylic acids is 1. The summed E-state index contributed by atoms with van der Waals surface area (Å²) in [5.74, 6) is 0. The van der Waals surface area contributed by atoms with Gasteiger partial charge in [0.1, 0.15) is 6.29 Å². The molecule has 0 aromatic heterocycles. The third-order valence-electron chi connectivity index (χ3n) is 2.12. The van der Waals surface area contributed by atoms with Crippen molar-refractivity contribution in [1.29, 1.82) is 0 Å². The van der Waals surface area contributed by atoms with Crippen LogP contribution in [0.1, 0.15) is 31.7 Å². The molecule has 1 heteroatoms. The molecule has 1 rings (SSSR count). The lowest BCUT2D eigenvalue weighted by Crippen LogP contribution is -1.85. The molecule has 0 saturated heterocycles. The quantitative estimate of drug-likeness (QED) is 0.511. The summed E-state index contributed by atoms with van der Waals surface area (Å²) in [6.07, 6.45) is 6.01. The number of hydrogen-bond acceptors (Lipinski definition) is 1. The summed E-state index contributed by atoms with van der Waals surface area (Å²) in [6, 6.07) is 9.96. The molecular weight excluding hydrogens is 172 g/mol. The van der Waals surface area contributed by atoms with E-state index in [9.17, 15) is 4.79 Å². The maximum atomic E-state index is 10.7. The molecule has 0 saturated carbocycles. The fraction of sp³-hybridized carbons (Fsp3) is 0.308. The number of benzene rings is 1. The van der Waals surface area contributed by atoms with Crippen molar-refractivity contribution in [3.8, 4) is 0 Å². The van der Waals surface area contributed by atoms with Gasteiger partial charge in [-0.1, -0.05) is 43.7 Å². The molecular formula is C13H16O. The van der Waals surface area contributed by atoms with Gasteiger partial charge in [0.15, 0.2) is 0 Å². The van der Waals surface area contributed by atoms with Gasteiger partial charge in [0.05, 0.1) is 0 Å². The van der Waals surface area contributed by atoms with Crippen LogP contribution in [0.5, 0.6) is 0 Å². The number of rotatable bonds is 5. The first-order valence-electron chi connectivity index (χ1n) is 5.07. The van der Waals surface area contributed by atoms with Gasteiger partial charge in [-0.25, -0.2) is 0 Å². The van der Waals surface area contributed by atoms with Crippen LogP contribution in [0.25, 0.3) is 6.08 Å². The van der Waals surface area contributed by atoms with Crippen LogP contribution < -0.4 is 0 Å². The van der Waals surface area contributed by atoms with E-state index in [-0.39, 0.29) is 0 Å². The van der Waals surface area contributed by atoms with Crippen LogP contribution in [0.4, 0.5) is 0 Å². The van der Waals surface area contributed by atoms with Crippen LogP contribution in [0.3, 0.4) is 0 Å². The molecule has 1 aromatic rings. The fourth-order valence-corrected chi connectivity index (χ4v) is 1.31.